The number of hydrogen-bond acceptors (Lipinski definition) is 3. The van der Waals surface area contributed by atoms with Gasteiger partial charge < -0.3 is 9.30 Å². The molecular weight excluding hydrogens is 391 g/mol. The number of fused-ring (bicyclic) bond motifs is 1. The van der Waals surface area contributed by atoms with Gasteiger partial charge in [0, 0.05) is 30.7 Å². The lowest BCUT2D eigenvalue weighted by atomic mass is 10.0. The monoisotopic (exact) mass is 414 g/mol. The molecule has 1 saturated carbocycles. The van der Waals surface area contributed by atoms with Gasteiger partial charge in [-0.3, -0.25) is 4.98 Å². The molecule has 0 amide bonds. The Hall–Kier alpha value is -3.47. The van der Waals surface area contributed by atoms with Crippen LogP contribution in [-0.2, 0) is 17.7 Å². The third-order valence-corrected chi connectivity index (χ3v) is 5.94. The van der Waals surface area contributed by atoms with Crippen LogP contribution in [0.15, 0.2) is 67.0 Å². The fourth-order valence-electron chi connectivity index (χ4n) is 4.07. The first-order chi connectivity index (χ1) is 15.1. The van der Waals surface area contributed by atoms with Gasteiger partial charge in [-0.15, -0.1) is 0 Å². The maximum atomic E-state index is 15.1. The Labute approximate surface area is 180 Å². The summed E-state index contributed by atoms with van der Waals surface area (Å²) in [6.45, 7) is 0.680. The fraction of sp³-hybridized carbons (Fsp3) is 0.231. The van der Waals surface area contributed by atoms with E-state index in [2.05, 4.69) is 17.1 Å². The SMILES string of the molecule is COC(=O)c1cc(C2CC2)cnc1Cc1cc2ccn(Cc3ccccc3)c2cc1F. The van der Waals surface area contributed by atoms with Gasteiger partial charge in [0.1, 0.15) is 5.82 Å². The molecule has 4 aromatic rings. The van der Waals surface area contributed by atoms with Crippen molar-refractivity contribution in [3.8, 4) is 0 Å². The number of aromatic nitrogens is 2. The van der Waals surface area contributed by atoms with Crippen molar-refractivity contribution in [1.82, 2.24) is 9.55 Å². The highest BCUT2D eigenvalue weighted by Gasteiger charge is 2.26. The molecule has 0 unspecified atom stereocenters. The molecule has 0 N–H and O–H groups in total. The molecule has 2 aromatic carbocycles. The predicted octanol–water partition coefficient (Wildman–Crippen LogP) is 5.48. The van der Waals surface area contributed by atoms with Gasteiger partial charge in [0.2, 0.25) is 0 Å². The van der Waals surface area contributed by atoms with E-state index in [0.29, 0.717) is 29.3 Å². The normalized spacial score (nSPS) is 13.5. The summed E-state index contributed by atoms with van der Waals surface area (Å²) >= 11 is 0. The van der Waals surface area contributed by atoms with Crippen molar-refractivity contribution in [2.24, 2.45) is 0 Å². The molecule has 31 heavy (non-hydrogen) atoms. The molecule has 0 bridgehead atoms. The quantitative estimate of drug-likeness (QED) is 0.393. The van der Waals surface area contributed by atoms with Crippen LogP contribution in [0, 0.1) is 5.82 Å². The van der Waals surface area contributed by atoms with E-state index in [1.165, 1.54) is 7.11 Å². The zero-order valence-electron chi connectivity index (χ0n) is 17.3. The topological polar surface area (TPSA) is 44.1 Å². The zero-order valence-corrected chi connectivity index (χ0v) is 17.3. The van der Waals surface area contributed by atoms with Crippen molar-refractivity contribution >= 4 is 16.9 Å². The molecule has 1 fully saturated rings. The number of pyridine rings is 1. The van der Waals surface area contributed by atoms with E-state index in [1.54, 1.807) is 6.07 Å². The third kappa shape index (κ3) is 3.96. The predicted molar refractivity (Wildman–Crippen MR) is 118 cm³/mol. The minimum Gasteiger partial charge on any atom is -0.465 e. The molecule has 1 aliphatic carbocycles. The number of hydrogen-bond donors (Lipinski definition) is 0. The van der Waals surface area contributed by atoms with E-state index >= 15 is 4.39 Å². The Morgan fingerprint density at radius 3 is 2.71 bits per heavy atom. The highest BCUT2D eigenvalue weighted by molar-refractivity contribution is 5.91. The maximum Gasteiger partial charge on any atom is 0.339 e. The summed E-state index contributed by atoms with van der Waals surface area (Å²) in [5.41, 5.74) is 4.54. The first-order valence-electron chi connectivity index (χ1n) is 10.5. The standard InChI is InChI=1S/C26H23FN2O2/c1-31-26(30)22-12-21(18-7-8-18)15-28-24(22)13-20-11-19-9-10-29(25(19)14-23(20)27)16-17-5-3-2-4-6-17/h2-6,9-12,14-15,18H,7-8,13,16H2,1H3. The van der Waals surface area contributed by atoms with E-state index in [1.807, 2.05) is 53.4 Å². The molecule has 0 saturated heterocycles. The van der Waals surface area contributed by atoms with Crippen LogP contribution >= 0.6 is 0 Å². The smallest absolute Gasteiger partial charge is 0.339 e. The second kappa shape index (κ2) is 7.99. The molecule has 2 aromatic heterocycles. The lowest BCUT2D eigenvalue weighted by Gasteiger charge is -2.11. The number of rotatable bonds is 6. The number of halogens is 1. The number of carbonyl (C=O) groups excluding carboxylic acids is 1. The van der Waals surface area contributed by atoms with E-state index in [9.17, 15) is 4.79 Å². The summed E-state index contributed by atoms with van der Waals surface area (Å²) < 4.78 is 22.1. The molecule has 156 valence electrons. The minimum atomic E-state index is -0.430. The Morgan fingerprint density at radius 1 is 1.16 bits per heavy atom. The number of carbonyl (C=O) groups is 1. The zero-order chi connectivity index (χ0) is 21.4. The minimum absolute atomic E-state index is 0.237. The third-order valence-electron chi connectivity index (χ3n) is 5.94. The van der Waals surface area contributed by atoms with Gasteiger partial charge in [0.15, 0.2) is 0 Å². The average molecular weight is 414 g/mol. The summed E-state index contributed by atoms with van der Waals surface area (Å²) in [6.07, 6.45) is 6.26. The molecule has 0 atom stereocenters. The Kier molecular flexibility index (Phi) is 5.02. The molecule has 1 aliphatic rings. The van der Waals surface area contributed by atoms with Gasteiger partial charge in [0.05, 0.1) is 23.9 Å². The van der Waals surface area contributed by atoms with Crippen LogP contribution in [0.2, 0.25) is 0 Å². The van der Waals surface area contributed by atoms with Crippen molar-refractivity contribution in [1.29, 1.82) is 0 Å². The van der Waals surface area contributed by atoms with Crippen molar-refractivity contribution in [3.05, 3.63) is 101 Å². The molecule has 5 heteroatoms. The van der Waals surface area contributed by atoms with Crippen LogP contribution in [-0.4, -0.2) is 22.6 Å². The number of benzene rings is 2. The van der Waals surface area contributed by atoms with E-state index in [0.717, 1.165) is 34.9 Å². The van der Waals surface area contributed by atoms with Crippen LogP contribution < -0.4 is 0 Å². The van der Waals surface area contributed by atoms with Gasteiger partial charge in [-0.1, -0.05) is 30.3 Å². The molecule has 0 spiro atoms. The highest BCUT2D eigenvalue weighted by Crippen LogP contribution is 2.40. The highest BCUT2D eigenvalue weighted by atomic mass is 19.1. The number of methoxy groups -OCH3 is 1. The summed E-state index contributed by atoms with van der Waals surface area (Å²) in [5.74, 6) is -0.257. The summed E-state index contributed by atoms with van der Waals surface area (Å²) in [4.78, 5) is 16.8. The molecule has 5 rings (SSSR count). The number of esters is 1. The fourth-order valence-corrected chi connectivity index (χ4v) is 4.07. The van der Waals surface area contributed by atoms with Gasteiger partial charge in [-0.05, 0) is 59.7 Å². The first kappa shape index (κ1) is 19.5. The van der Waals surface area contributed by atoms with Crippen molar-refractivity contribution in [3.63, 3.8) is 0 Å². The maximum absolute atomic E-state index is 15.1. The molecule has 0 radical (unpaired) electrons. The van der Waals surface area contributed by atoms with Gasteiger partial charge in [-0.2, -0.15) is 0 Å². The molecule has 4 nitrogen and oxygen atoms in total. The second-order valence-corrected chi connectivity index (χ2v) is 8.14. The molecular formula is C26H23FN2O2. The molecule has 2 heterocycles. The summed E-state index contributed by atoms with van der Waals surface area (Å²) in [7, 11) is 1.36. The average Bonchev–Trinajstić information content (AvgIpc) is 3.58. The van der Waals surface area contributed by atoms with E-state index in [-0.39, 0.29) is 12.2 Å². The van der Waals surface area contributed by atoms with Crippen LogP contribution in [0.1, 0.15) is 51.5 Å². The Bertz CT molecular complexity index is 1260. The lowest BCUT2D eigenvalue weighted by Crippen LogP contribution is -2.10. The molecule has 0 aliphatic heterocycles. The second-order valence-electron chi connectivity index (χ2n) is 8.14. The summed E-state index contributed by atoms with van der Waals surface area (Å²) in [5, 5.41) is 0.960. The van der Waals surface area contributed by atoms with Crippen molar-refractivity contribution in [2.75, 3.05) is 7.11 Å². The van der Waals surface area contributed by atoms with Crippen LogP contribution in [0.5, 0.6) is 0 Å². The Balaban J connectivity index is 1.47. The Morgan fingerprint density at radius 2 is 1.97 bits per heavy atom. The van der Waals surface area contributed by atoms with Gasteiger partial charge in [0.25, 0.3) is 0 Å². The van der Waals surface area contributed by atoms with Gasteiger partial charge >= 0.3 is 5.97 Å². The number of nitrogens with zero attached hydrogens (tertiary/aromatic N) is 2. The first-order valence-corrected chi connectivity index (χ1v) is 10.5. The van der Waals surface area contributed by atoms with Crippen LogP contribution in [0.25, 0.3) is 10.9 Å². The largest absolute Gasteiger partial charge is 0.465 e. The lowest BCUT2D eigenvalue weighted by molar-refractivity contribution is 0.0599. The van der Waals surface area contributed by atoms with Gasteiger partial charge in [-0.25, -0.2) is 9.18 Å². The van der Waals surface area contributed by atoms with Crippen LogP contribution in [0.3, 0.4) is 0 Å². The number of ether oxygens (including phenoxy) is 1. The summed E-state index contributed by atoms with van der Waals surface area (Å²) in [6, 6.07) is 17.4. The van der Waals surface area contributed by atoms with Crippen molar-refractivity contribution < 1.29 is 13.9 Å². The van der Waals surface area contributed by atoms with Crippen molar-refractivity contribution in [2.45, 2.75) is 31.7 Å². The van der Waals surface area contributed by atoms with E-state index in [4.69, 9.17) is 4.74 Å². The van der Waals surface area contributed by atoms with Crippen LogP contribution in [0.4, 0.5) is 4.39 Å². The van der Waals surface area contributed by atoms with E-state index < -0.39 is 5.97 Å².